The van der Waals surface area contributed by atoms with E-state index in [9.17, 15) is 4.79 Å². The topological polar surface area (TPSA) is 90.0 Å². The Balaban J connectivity index is 1.35. The Kier molecular flexibility index (Phi) is 6.27. The number of nitrogens with one attached hydrogen (secondary N) is 2. The van der Waals surface area contributed by atoms with Gasteiger partial charge in [-0.3, -0.25) is 4.79 Å². The zero-order valence-corrected chi connectivity index (χ0v) is 18.4. The molecule has 3 aromatic heterocycles. The molecule has 4 rings (SSSR count). The van der Waals surface area contributed by atoms with Crippen molar-refractivity contribution in [2.24, 2.45) is 0 Å². The second-order valence-electron chi connectivity index (χ2n) is 7.86. The molecule has 8 nitrogen and oxygen atoms in total. The maximum absolute atomic E-state index is 12.0. The fourth-order valence-electron chi connectivity index (χ4n) is 3.61. The highest BCUT2D eigenvalue weighted by Crippen LogP contribution is 2.17. The summed E-state index contributed by atoms with van der Waals surface area (Å²) in [4.78, 5) is 33.1. The standard InChI is InChI=1S/C23H29N7O/c1-4-29-9-11-30(12-10-29)21-8-5-18(14-26-21)13-24-20-7-6-19(15-25-20)22-27-17(3)16(2)23(31)28-22/h5-8,14-15H,4,9-13H2,1-3H3,(H,24,25)(H,27,28,31). The SMILES string of the molecule is CCN1CCN(c2ccc(CNc3ccc(-c4nc(C)c(C)c(=O)[nH]4)cn3)cn2)CC1. The van der Waals surface area contributed by atoms with Crippen LogP contribution < -0.4 is 15.8 Å². The zero-order chi connectivity index (χ0) is 21.8. The Morgan fingerprint density at radius 2 is 1.84 bits per heavy atom. The van der Waals surface area contributed by atoms with Gasteiger partial charge in [0.05, 0.1) is 0 Å². The average Bonchev–Trinajstić information content (AvgIpc) is 2.81. The van der Waals surface area contributed by atoms with E-state index in [2.05, 4.69) is 54.1 Å². The summed E-state index contributed by atoms with van der Waals surface area (Å²) in [6.45, 7) is 11.8. The number of pyridine rings is 2. The maximum atomic E-state index is 12.0. The minimum absolute atomic E-state index is 0.118. The summed E-state index contributed by atoms with van der Waals surface area (Å²) in [6, 6.07) is 8.00. The van der Waals surface area contributed by atoms with Gasteiger partial charge in [0.25, 0.3) is 5.56 Å². The molecule has 4 heterocycles. The van der Waals surface area contributed by atoms with Crippen LogP contribution in [0.5, 0.6) is 0 Å². The molecule has 0 spiro atoms. The maximum Gasteiger partial charge on any atom is 0.254 e. The molecule has 31 heavy (non-hydrogen) atoms. The molecular formula is C23H29N7O. The molecule has 1 aliphatic heterocycles. The number of likely N-dealkylation sites (N-methyl/N-ethyl adjacent to an activating group) is 1. The van der Waals surface area contributed by atoms with Crippen LogP contribution in [0.15, 0.2) is 41.5 Å². The lowest BCUT2D eigenvalue weighted by Crippen LogP contribution is -2.46. The number of nitrogens with zero attached hydrogens (tertiary/aromatic N) is 5. The van der Waals surface area contributed by atoms with Gasteiger partial charge in [-0.15, -0.1) is 0 Å². The highest BCUT2D eigenvalue weighted by molar-refractivity contribution is 5.56. The van der Waals surface area contributed by atoms with Crippen LogP contribution in [0.25, 0.3) is 11.4 Å². The second kappa shape index (κ2) is 9.26. The van der Waals surface area contributed by atoms with E-state index in [0.29, 0.717) is 17.9 Å². The van der Waals surface area contributed by atoms with Crippen LogP contribution in [0.4, 0.5) is 11.6 Å². The van der Waals surface area contributed by atoms with Gasteiger partial charge in [0, 0.05) is 61.9 Å². The van der Waals surface area contributed by atoms with E-state index in [1.54, 1.807) is 13.1 Å². The predicted molar refractivity (Wildman–Crippen MR) is 123 cm³/mol. The van der Waals surface area contributed by atoms with Crippen molar-refractivity contribution in [3.8, 4) is 11.4 Å². The van der Waals surface area contributed by atoms with Gasteiger partial charge in [-0.25, -0.2) is 15.0 Å². The fraction of sp³-hybridized carbons (Fsp3) is 0.391. The first-order valence-corrected chi connectivity index (χ1v) is 10.7. The van der Waals surface area contributed by atoms with Crippen LogP contribution in [0.2, 0.25) is 0 Å². The van der Waals surface area contributed by atoms with Gasteiger partial charge in [0.1, 0.15) is 17.5 Å². The molecule has 1 aliphatic rings. The number of hydrogen-bond donors (Lipinski definition) is 2. The Bertz CT molecular complexity index is 1070. The summed E-state index contributed by atoms with van der Waals surface area (Å²) in [6.07, 6.45) is 3.64. The van der Waals surface area contributed by atoms with E-state index in [1.165, 1.54) is 0 Å². The summed E-state index contributed by atoms with van der Waals surface area (Å²) in [5, 5.41) is 3.32. The quantitative estimate of drug-likeness (QED) is 0.635. The molecule has 0 amide bonds. The summed E-state index contributed by atoms with van der Waals surface area (Å²) in [7, 11) is 0. The van der Waals surface area contributed by atoms with Crippen LogP contribution in [0, 0.1) is 13.8 Å². The van der Waals surface area contributed by atoms with E-state index in [-0.39, 0.29) is 5.56 Å². The first-order valence-electron chi connectivity index (χ1n) is 10.7. The number of anilines is 2. The van der Waals surface area contributed by atoms with Crippen LogP contribution in [-0.2, 0) is 6.54 Å². The summed E-state index contributed by atoms with van der Waals surface area (Å²) < 4.78 is 0. The molecule has 0 bridgehead atoms. The van der Waals surface area contributed by atoms with Crippen molar-refractivity contribution < 1.29 is 0 Å². The van der Waals surface area contributed by atoms with E-state index < -0.39 is 0 Å². The summed E-state index contributed by atoms with van der Waals surface area (Å²) in [5.74, 6) is 2.33. The predicted octanol–water partition coefficient (Wildman–Crippen LogP) is 2.60. The van der Waals surface area contributed by atoms with Crippen molar-refractivity contribution in [2.75, 3.05) is 42.9 Å². The minimum Gasteiger partial charge on any atom is -0.366 e. The van der Waals surface area contributed by atoms with Crippen LogP contribution in [0.3, 0.4) is 0 Å². The van der Waals surface area contributed by atoms with Crippen molar-refractivity contribution in [1.82, 2.24) is 24.8 Å². The average molecular weight is 420 g/mol. The molecule has 0 saturated carbocycles. The first-order chi connectivity index (χ1) is 15.0. The number of aromatic amines is 1. The van der Waals surface area contributed by atoms with Crippen molar-refractivity contribution >= 4 is 11.6 Å². The molecule has 0 aromatic carbocycles. The fourth-order valence-corrected chi connectivity index (χ4v) is 3.61. The van der Waals surface area contributed by atoms with Crippen molar-refractivity contribution in [3.05, 3.63) is 63.8 Å². The van der Waals surface area contributed by atoms with E-state index in [1.807, 2.05) is 25.3 Å². The smallest absolute Gasteiger partial charge is 0.254 e. The van der Waals surface area contributed by atoms with Gasteiger partial charge in [-0.2, -0.15) is 0 Å². The molecule has 3 aromatic rings. The van der Waals surface area contributed by atoms with E-state index in [0.717, 1.165) is 61.2 Å². The lowest BCUT2D eigenvalue weighted by molar-refractivity contribution is 0.270. The highest BCUT2D eigenvalue weighted by atomic mass is 16.1. The third-order valence-electron chi connectivity index (χ3n) is 5.86. The molecule has 0 atom stereocenters. The summed E-state index contributed by atoms with van der Waals surface area (Å²) in [5.41, 5.74) is 3.12. The monoisotopic (exact) mass is 419 g/mol. The van der Waals surface area contributed by atoms with Gasteiger partial charge in [0.15, 0.2) is 0 Å². The molecule has 8 heteroatoms. The van der Waals surface area contributed by atoms with Gasteiger partial charge in [0.2, 0.25) is 0 Å². The number of hydrogen-bond acceptors (Lipinski definition) is 7. The molecule has 162 valence electrons. The molecule has 0 radical (unpaired) electrons. The lowest BCUT2D eigenvalue weighted by Gasteiger charge is -2.34. The molecule has 0 aliphatic carbocycles. The van der Waals surface area contributed by atoms with Crippen LogP contribution in [-0.4, -0.2) is 57.6 Å². The molecule has 2 N–H and O–H groups in total. The summed E-state index contributed by atoms with van der Waals surface area (Å²) >= 11 is 0. The Labute approximate surface area is 182 Å². The number of aryl methyl sites for hydroxylation is 1. The Morgan fingerprint density at radius 1 is 1.03 bits per heavy atom. The van der Waals surface area contributed by atoms with E-state index in [4.69, 9.17) is 0 Å². The van der Waals surface area contributed by atoms with Crippen molar-refractivity contribution in [1.29, 1.82) is 0 Å². The van der Waals surface area contributed by atoms with Crippen molar-refractivity contribution in [3.63, 3.8) is 0 Å². The second-order valence-corrected chi connectivity index (χ2v) is 7.86. The van der Waals surface area contributed by atoms with Gasteiger partial charge < -0.3 is 20.1 Å². The third-order valence-corrected chi connectivity index (χ3v) is 5.86. The van der Waals surface area contributed by atoms with Crippen molar-refractivity contribution in [2.45, 2.75) is 27.3 Å². The lowest BCUT2D eigenvalue weighted by atomic mass is 10.2. The third kappa shape index (κ3) is 4.91. The Morgan fingerprint density at radius 3 is 2.45 bits per heavy atom. The normalized spacial score (nSPS) is 14.6. The molecule has 1 fully saturated rings. The number of H-pyrrole nitrogens is 1. The van der Waals surface area contributed by atoms with Gasteiger partial charge in [-0.1, -0.05) is 13.0 Å². The number of aromatic nitrogens is 4. The van der Waals surface area contributed by atoms with Gasteiger partial charge >= 0.3 is 0 Å². The number of piperazine rings is 1. The van der Waals surface area contributed by atoms with Crippen LogP contribution in [0.1, 0.15) is 23.7 Å². The Hall–Kier alpha value is -3.26. The van der Waals surface area contributed by atoms with Gasteiger partial charge in [-0.05, 0) is 44.2 Å². The largest absolute Gasteiger partial charge is 0.366 e. The molecular weight excluding hydrogens is 390 g/mol. The zero-order valence-electron chi connectivity index (χ0n) is 18.4. The highest BCUT2D eigenvalue weighted by Gasteiger charge is 2.16. The van der Waals surface area contributed by atoms with Crippen LogP contribution >= 0.6 is 0 Å². The molecule has 0 unspecified atom stereocenters. The minimum atomic E-state index is -0.118. The van der Waals surface area contributed by atoms with E-state index >= 15 is 0 Å². The first kappa shape index (κ1) is 21.0. The molecule has 1 saturated heterocycles. The number of rotatable bonds is 6.